The van der Waals surface area contributed by atoms with Gasteiger partial charge in [-0.25, -0.2) is 0 Å². The second-order valence-electron chi connectivity index (χ2n) is 5.80. The zero-order valence-corrected chi connectivity index (χ0v) is 12.5. The van der Waals surface area contributed by atoms with Gasteiger partial charge in [0.15, 0.2) is 0 Å². The molecule has 0 aromatic heterocycles. The molecule has 1 N–H and O–H groups in total. The van der Waals surface area contributed by atoms with Crippen molar-refractivity contribution < 1.29 is 0 Å². The molecule has 1 aliphatic carbocycles. The number of rotatable bonds is 5. The van der Waals surface area contributed by atoms with Gasteiger partial charge in [0.2, 0.25) is 0 Å². The van der Waals surface area contributed by atoms with Crippen LogP contribution in [0.1, 0.15) is 32.8 Å². The Balaban J connectivity index is 2.05. The van der Waals surface area contributed by atoms with Gasteiger partial charge in [-0.3, -0.25) is 0 Å². The van der Waals surface area contributed by atoms with Crippen LogP contribution < -0.4 is 5.32 Å². The van der Waals surface area contributed by atoms with Crippen LogP contribution in [0, 0.1) is 11.8 Å². The van der Waals surface area contributed by atoms with E-state index in [1.54, 1.807) is 0 Å². The molecule has 1 aliphatic rings. The third-order valence-corrected chi connectivity index (χ3v) is 4.34. The quantitative estimate of drug-likeness (QED) is 0.867. The van der Waals surface area contributed by atoms with Crippen molar-refractivity contribution in [3.63, 3.8) is 0 Å². The minimum atomic E-state index is 0.388. The van der Waals surface area contributed by atoms with Crippen LogP contribution in [0.25, 0.3) is 0 Å². The summed E-state index contributed by atoms with van der Waals surface area (Å²) >= 11 is 3.57. The Hall–Kier alpha value is -0.340. The molecule has 0 bridgehead atoms. The van der Waals surface area contributed by atoms with Crippen LogP contribution in [0.2, 0.25) is 0 Å². The molecule has 1 aromatic carbocycles. The topological polar surface area (TPSA) is 12.0 Å². The first-order chi connectivity index (χ1) is 8.04. The standard InChI is InChI=1S/C15H22BrN/c1-11(2)9-17-10-15(8-12(15)3)13-5-4-6-14(16)7-13/h4-7,11-12,17H,8-10H2,1-3H3. The molecule has 1 saturated carbocycles. The van der Waals surface area contributed by atoms with Crippen molar-refractivity contribution >= 4 is 15.9 Å². The van der Waals surface area contributed by atoms with Gasteiger partial charge in [-0.1, -0.05) is 48.8 Å². The van der Waals surface area contributed by atoms with Crippen molar-refractivity contribution in [3.05, 3.63) is 34.3 Å². The highest BCUT2D eigenvalue weighted by atomic mass is 79.9. The lowest BCUT2D eigenvalue weighted by atomic mass is 9.93. The van der Waals surface area contributed by atoms with Gasteiger partial charge in [-0.05, 0) is 42.5 Å². The maximum absolute atomic E-state index is 3.62. The SMILES string of the molecule is CC(C)CNCC1(c2cccc(Br)c2)CC1C. The maximum atomic E-state index is 3.62. The maximum Gasteiger partial charge on any atom is 0.0178 e. The molecule has 0 heterocycles. The predicted molar refractivity (Wildman–Crippen MR) is 77.3 cm³/mol. The smallest absolute Gasteiger partial charge is 0.0178 e. The van der Waals surface area contributed by atoms with E-state index in [1.165, 1.54) is 16.5 Å². The van der Waals surface area contributed by atoms with Crippen LogP contribution in [-0.2, 0) is 5.41 Å². The molecule has 2 atom stereocenters. The molecule has 17 heavy (non-hydrogen) atoms. The van der Waals surface area contributed by atoms with Gasteiger partial charge in [0.1, 0.15) is 0 Å². The first-order valence-corrected chi connectivity index (χ1v) is 7.30. The Kier molecular flexibility index (Phi) is 3.94. The summed E-state index contributed by atoms with van der Waals surface area (Å²) in [5, 5.41) is 3.62. The van der Waals surface area contributed by atoms with Crippen molar-refractivity contribution in [1.82, 2.24) is 5.32 Å². The third kappa shape index (κ3) is 2.92. The molecule has 2 unspecified atom stereocenters. The Bertz CT molecular complexity index is 388. The minimum Gasteiger partial charge on any atom is -0.316 e. The molecule has 94 valence electrons. The molecule has 0 radical (unpaired) electrons. The van der Waals surface area contributed by atoms with E-state index in [2.05, 4.69) is 66.3 Å². The summed E-state index contributed by atoms with van der Waals surface area (Å²) < 4.78 is 1.19. The van der Waals surface area contributed by atoms with E-state index < -0.39 is 0 Å². The number of benzene rings is 1. The molecular weight excluding hydrogens is 274 g/mol. The highest BCUT2D eigenvalue weighted by Gasteiger charge is 2.51. The van der Waals surface area contributed by atoms with Gasteiger partial charge in [0.05, 0.1) is 0 Å². The largest absolute Gasteiger partial charge is 0.316 e. The monoisotopic (exact) mass is 295 g/mol. The zero-order valence-electron chi connectivity index (χ0n) is 11.0. The second-order valence-corrected chi connectivity index (χ2v) is 6.71. The predicted octanol–water partition coefficient (Wildman–Crippen LogP) is 3.97. The van der Waals surface area contributed by atoms with Gasteiger partial charge in [0, 0.05) is 16.4 Å². The van der Waals surface area contributed by atoms with Crippen molar-refractivity contribution in [1.29, 1.82) is 0 Å². The van der Waals surface area contributed by atoms with Crippen LogP contribution >= 0.6 is 15.9 Å². The lowest BCUT2D eigenvalue weighted by Gasteiger charge is -2.19. The van der Waals surface area contributed by atoms with Gasteiger partial charge in [-0.2, -0.15) is 0 Å². The summed E-state index contributed by atoms with van der Waals surface area (Å²) in [6.45, 7) is 9.10. The molecular formula is C15H22BrN. The highest BCUT2D eigenvalue weighted by Crippen LogP contribution is 2.53. The second kappa shape index (κ2) is 5.11. The summed E-state index contributed by atoms with van der Waals surface area (Å²) in [5.41, 5.74) is 1.87. The first kappa shape index (κ1) is 13.1. The van der Waals surface area contributed by atoms with Crippen LogP contribution in [-0.4, -0.2) is 13.1 Å². The fourth-order valence-electron chi connectivity index (χ4n) is 2.62. The average molecular weight is 296 g/mol. The van der Waals surface area contributed by atoms with E-state index in [9.17, 15) is 0 Å². The normalized spacial score (nSPS) is 27.5. The third-order valence-electron chi connectivity index (χ3n) is 3.85. The van der Waals surface area contributed by atoms with E-state index in [0.29, 0.717) is 5.41 Å². The number of hydrogen-bond acceptors (Lipinski definition) is 1. The minimum absolute atomic E-state index is 0.388. The van der Waals surface area contributed by atoms with Gasteiger partial charge in [0.25, 0.3) is 0 Å². The molecule has 0 aliphatic heterocycles. The summed E-state index contributed by atoms with van der Waals surface area (Å²) in [4.78, 5) is 0. The zero-order chi connectivity index (χ0) is 12.5. The summed E-state index contributed by atoms with van der Waals surface area (Å²) in [6, 6.07) is 8.80. The number of nitrogens with one attached hydrogen (secondary N) is 1. The Morgan fingerprint density at radius 3 is 2.71 bits per heavy atom. The van der Waals surface area contributed by atoms with E-state index in [4.69, 9.17) is 0 Å². The molecule has 1 nitrogen and oxygen atoms in total. The summed E-state index contributed by atoms with van der Waals surface area (Å²) in [5.74, 6) is 1.53. The molecule has 0 saturated heterocycles. The number of halogens is 1. The van der Waals surface area contributed by atoms with Crippen LogP contribution in [0.4, 0.5) is 0 Å². The Morgan fingerprint density at radius 1 is 1.47 bits per heavy atom. The molecule has 2 rings (SSSR count). The van der Waals surface area contributed by atoms with E-state index >= 15 is 0 Å². The van der Waals surface area contributed by atoms with E-state index in [-0.39, 0.29) is 0 Å². The molecule has 1 aromatic rings. The van der Waals surface area contributed by atoms with Gasteiger partial charge in [-0.15, -0.1) is 0 Å². The Morgan fingerprint density at radius 2 is 2.18 bits per heavy atom. The van der Waals surface area contributed by atoms with Gasteiger partial charge < -0.3 is 5.32 Å². The lowest BCUT2D eigenvalue weighted by Crippen LogP contribution is -2.30. The fraction of sp³-hybridized carbons (Fsp3) is 0.600. The fourth-order valence-corrected chi connectivity index (χ4v) is 3.02. The van der Waals surface area contributed by atoms with E-state index in [0.717, 1.165) is 24.9 Å². The summed E-state index contributed by atoms with van der Waals surface area (Å²) in [6.07, 6.45) is 1.31. The van der Waals surface area contributed by atoms with Gasteiger partial charge >= 0.3 is 0 Å². The Labute approximate surface area is 113 Å². The molecule has 2 heteroatoms. The molecule has 1 fully saturated rings. The van der Waals surface area contributed by atoms with Crippen molar-refractivity contribution in [3.8, 4) is 0 Å². The van der Waals surface area contributed by atoms with Crippen LogP contribution in [0.15, 0.2) is 28.7 Å². The molecule has 0 amide bonds. The average Bonchev–Trinajstić information content (AvgIpc) is 2.90. The van der Waals surface area contributed by atoms with Crippen molar-refractivity contribution in [2.45, 2.75) is 32.6 Å². The highest BCUT2D eigenvalue weighted by molar-refractivity contribution is 9.10. The lowest BCUT2D eigenvalue weighted by molar-refractivity contribution is 0.493. The first-order valence-electron chi connectivity index (χ1n) is 6.51. The van der Waals surface area contributed by atoms with E-state index in [1.807, 2.05) is 0 Å². The number of hydrogen-bond donors (Lipinski definition) is 1. The summed E-state index contributed by atoms with van der Waals surface area (Å²) in [7, 11) is 0. The van der Waals surface area contributed by atoms with Crippen molar-refractivity contribution in [2.75, 3.05) is 13.1 Å². The van der Waals surface area contributed by atoms with Crippen LogP contribution in [0.5, 0.6) is 0 Å². The van der Waals surface area contributed by atoms with Crippen LogP contribution in [0.3, 0.4) is 0 Å². The van der Waals surface area contributed by atoms with Crippen molar-refractivity contribution in [2.24, 2.45) is 11.8 Å². The molecule has 0 spiro atoms.